The summed E-state index contributed by atoms with van der Waals surface area (Å²) in [7, 11) is 0. The van der Waals surface area contributed by atoms with E-state index < -0.39 is 0 Å². The summed E-state index contributed by atoms with van der Waals surface area (Å²) in [5.41, 5.74) is 8.42. The molecule has 1 heterocycles. The molecule has 2 N–H and O–H groups in total. The molecule has 0 aliphatic heterocycles. The third kappa shape index (κ3) is 1.63. The molecule has 0 aliphatic rings. The Labute approximate surface area is 72.2 Å². The monoisotopic (exact) mass is 169 g/mol. The summed E-state index contributed by atoms with van der Waals surface area (Å²) < 4.78 is 0. The Hall–Kier alpha value is -0.340. The van der Waals surface area contributed by atoms with E-state index >= 15 is 0 Å². The van der Waals surface area contributed by atoms with Gasteiger partial charge in [-0.15, -0.1) is 11.3 Å². The maximum Gasteiger partial charge on any atom is 0.00522 e. The van der Waals surface area contributed by atoms with Gasteiger partial charge < -0.3 is 5.73 Å². The molecule has 0 saturated carbocycles. The second kappa shape index (κ2) is 3.37. The first-order chi connectivity index (χ1) is 5.16. The Bertz CT molecular complexity index is 250. The van der Waals surface area contributed by atoms with Gasteiger partial charge in [-0.25, -0.2) is 0 Å². The number of hydrogen-bond acceptors (Lipinski definition) is 2. The van der Waals surface area contributed by atoms with Crippen LogP contribution < -0.4 is 5.73 Å². The minimum absolute atomic E-state index is 0.762. The van der Waals surface area contributed by atoms with E-state index in [-0.39, 0.29) is 0 Å². The van der Waals surface area contributed by atoms with Crippen molar-refractivity contribution < 1.29 is 0 Å². The molecular weight excluding hydrogens is 154 g/mol. The van der Waals surface area contributed by atoms with Crippen molar-refractivity contribution in [3.63, 3.8) is 0 Å². The molecule has 0 aromatic carbocycles. The van der Waals surface area contributed by atoms with Crippen LogP contribution in [0.4, 0.5) is 0 Å². The summed E-state index contributed by atoms with van der Waals surface area (Å²) in [4.78, 5) is 2.87. The standard InChI is InChI=1S/C9H15NS/c1-6-7(2)11-8(3)9(6)4-5-10/h4-5,10H2,1-3H3. The van der Waals surface area contributed by atoms with Gasteiger partial charge in [-0.05, 0) is 44.9 Å². The van der Waals surface area contributed by atoms with Crippen LogP contribution in [0.1, 0.15) is 20.9 Å². The summed E-state index contributed by atoms with van der Waals surface area (Å²) in [5.74, 6) is 0. The third-order valence-electron chi connectivity index (χ3n) is 2.11. The first-order valence-electron chi connectivity index (χ1n) is 3.92. The van der Waals surface area contributed by atoms with Crippen molar-refractivity contribution in [1.82, 2.24) is 0 Å². The van der Waals surface area contributed by atoms with E-state index in [0.717, 1.165) is 13.0 Å². The molecule has 62 valence electrons. The van der Waals surface area contributed by atoms with Gasteiger partial charge in [0.1, 0.15) is 0 Å². The van der Waals surface area contributed by atoms with E-state index in [1.54, 1.807) is 0 Å². The van der Waals surface area contributed by atoms with Crippen molar-refractivity contribution in [1.29, 1.82) is 0 Å². The lowest BCUT2D eigenvalue weighted by atomic mass is 10.1. The average molecular weight is 169 g/mol. The quantitative estimate of drug-likeness (QED) is 0.721. The predicted octanol–water partition coefficient (Wildman–Crippen LogP) is 2.17. The Morgan fingerprint density at radius 2 is 1.82 bits per heavy atom. The van der Waals surface area contributed by atoms with Crippen LogP contribution in [0.5, 0.6) is 0 Å². The first kappa shape index (κ1) is 8.75. The molecule has 0 amide bonds. The Kier molecular flexibility index (Phi) is 2.68. The van der Waals surface area contributed by atoms with Crippen LogP contribution in [0.2, 0.25) is 0 Å². The zero-order chi connectivity index (χ0) is 8.43. The number of rotatable bonds is 2. The van der Waals surface area contributed by atoms with Crippen LogP contribution in [0.15, 0.2) is 0 Å². The normalized spacial score (nSPS) is 10.5. The lowest BCUT2D eigenvalue weighted by Crippen LogP contribution is -2.03. The fourth-order valence-electron chi connectivity index (χ4n) is 1.35. The lowest BCUT2D eigenvalue weighted by molar-refractivity contribution is 0.955. The molecular formula is C9H15NS. The van der Waals surface area contributed by atoms with Gasteiger partial charge >= 0.3 is 0 Å². The van der Waals surface area contributed by atoms with Gasteiger partial charge in [0.25, 0.3) is 0 Å². The van der Waals surface area contributed by atoms with Crippen LogP contribution in [0.3, 0.4) is 0 Å². The van der Waals surface area contributed by atoms with E-state index in [0.29, 0.717) is 0 Å². The zero-order valence-corrected chi connectivity index (χ0v) is 8.22. The molecule has 1 aromatic heterocycles. The predicted molar refractivity (Wildman–Crippen MR) is 51.3 cm³/mol. The van der Waals surface area contributed by atoms with Gasteiger partial charge in [0.05, 0.1) is 0 Å². The Morgan fingerprint density at radius 1 is 1.18 bits per heavy atom. The molecule has 0 saturated heterocycles. The maximum atomic E-state index is 5.51. The van der Waals surface area contributed by atoms with Crippen molar-refractivity contribution >= 4 is 11.3 Å². The molecule has 0 radical (unpaired) electrons. The zero-order valence-electron chi connectivity index (χ0n) is 7.40. The summed E-state index contributed by atoms with van der Waals surface area (Å²) in [5, 5.41) is 0. The van der Waals surface area contributed by atoms with Gasteiger partial charge in [-0.3, -0.25) is 0 Å². The molecule has 0 bridgehead atoms. The second-order valence-corrected chi connectivity index (χ2v) is 4.29. The SMILES string of the molecule is Cc1sc(C)c(CCN)c1C. The van der Waals surface area contributed by atoms with E-state index in [4.69, 9.17) is 5.73 Å². The highest BCUT2D eigenvalue weighted by Gasteiger charge is 2.06. The molecule has 2 heteroatoms. The van der Waals surface area contributed by atoms with E-state index in [1.165, 1.54) is 20.9 Å². The van der Waals surface area contributed by atoms with Gasteiger partial charge in [-0.1, -0.05) is 0 Å². The average Bonchev–Trinajstić information content (AvgIpc) is 2.17. The fraction of sp³-hybridized carbons (Fsp3) is 0.556. The molecule has 0 fully saturated rings. The van der Waals surface area contributed by atoms with E-state index in [1.807, 2.05) is 11.3 Å². The molecule has 1 aromatic rings. The highest BCUT2D eigenvalue weighted by Crippen LogP contribution is 2.26. The summed E-state index contributed by atoms with van der Waals surface area (Å²) in [6, 6.07) is 0. The molecule has 1 nitrogen and oxygen atoms in total. The molecule has 0 unspecified atom stereocenters. The van der Waals surface area contributed by atoms with Gasteiger partial charge in [-0.2, -0.15) is 0 Å². The van der Waals surface area contributed by atoms with Crippen molar-refractivity contribution in [2.24, 2.45) is 5.73 Å². The van der Waals surface area contributed by atoms with Crippen LogP contribution >= 0.6 is 11.3 Å². The van der Waals surface area contributed by atoms with Crippen LogP contribution in [-0.4, -0.2) is 6.54 Å². The highest BCUT2D eigenvalue weighted by molar-refractivity contribution is 7.12. The highest BCUT2D eigenvalue weighted by atomic mass is 32.1. The van der Waals surface area contributed by atoms with Crippen LogP contribution in [0.25, 0.3) is 0 Å². The molecule has 1 rings (SSSR count). The Balaban J connectivity index is 3.02. The third-order valence-corrected chi connectivity index (χ3v) is 3.27. The summed E-state index contributed by atoms with van der Waals surface area (Å²) >= 11 is 1.88. The van der Waals surface area contributed by atoms with E-state index in [9.17, 15) is 0 Å². The molecule has 0 atom stereocenters. The number of aryl methyl sites for hydroxylation is 2. The number of hydrogen-bond donors (Lipinski definition) is 1. The van der Waals surface area contributed by atoms with Crippen molar-refractivity contribution in [2.75, 3.05) is 6.54 Å². The number of nitrogens with two attached hydrogens (primary N) is 1. The van der Waals surface area contributed by atoms with Gasteiger partial charge in [0, 0.05) is 9.75 Å². The Morgan fingerprint density at radius 3 is 2.18 bits per heavy atom. The smallest absolute Gasteiger partial charge is 0.00522 e. The largest absolute Gasteiger partial charge is 0.330 e. The van der Waals surface area contributed by atoms with Crippen LogP contribution in [0, 0.1) is 20.8 Å². The van der Waals surface area contributed by atoms with Crippen LogP contribution in [-0.2, 0) is 6.42 Å². The second-order valence-electron chi connectivity index (χ2n) is 2.86. The minimum atomic E-state index is 0.762. The van der Waals surface area contributed by atoms with Gasteiger partial charge in [0.15, 0.2) is 0 Å². The molecule has 0 aliphatic carbocycles. The van der Waals surface area contributed by atoms with Crippen molar-refractivity contribution in [2.45, 2.75) is 27.2 Å². The maximum absolute atomic E-state index is 5.51. The molecule has 11 heavy (non-hydrogen) atoms. The summed E-state index contributed by atoms with van der Waals surface area (Å²) in [6.07, 6.45) is 1.03. The van der Waals surface area contributed by atoms with Crippen molar-refractivity contribution in [3.05, 3.63) is 20.9 Å². The van der Waals surface area contributed by atoms with Crippen molar-refractivity contribution in [3.8, 4) is 0 Å². The molecule has 0 spiro atoms. The topological polar surface area (TPSA) is 26.0 Å². The fourth-order valence-corrected chi connectivity index (χ4v) is 2.47. The van der Waals surface area contributed by atoms with E-state index in [2.05, 4.69) is 20.8 Å². The summed E-state index contributed by atoms with van der Waals surface area (Å²) in [6.45, 7) is 7.30. The van der Waals surface area contributed by atoms with Gasteiger partial charge in [0.2, 0.25) is 0 Å². The lowest BCUT2D eigenvalue weighted by Gasteiger charge is -1.98. The number of thiophene rings is 1. The first-order valence-corrected chi connectivity index (χ1v) is 4.74. The minimum Gasteiger partial charge on any atom is -0.330 e.